The first-order chi connectivity index (χ1) is 14.9. The van der Waals surface area contributed by atoms with E-state index in [0.717, 1.165) is 21.6 Å². The lowest BCUT2D eigenvalue weighted by Gasteiger charge is -2.21. The molecule has 1 aliphatic heterocycles. The van der Waals surface area contributed by atoms with Crippen molar-refractivity contribution in [2.75, 3.05) is 12.0 Å². The molecule has 31 heavy (non-hydrogen) atoms. The topological polar surface area (TPSA) is 89.8 Å². The minimum absolute atomic E-state index is 0.124. The van der Waals surface area contributed by atoms with Gasteiger partial charge in [0.05, 0.1) is 35.6 Å². The van der Waals surface area contributed by atoms with Gasteiger partial charge in [-0.15, -0.1) is 0 Å². The van der Waals surface area contributed by atoms with Gasteiger partial charge in [0, 0.05) is 17.9 Å². The summed E-state index contributed by atoms with van der Waals surface area (Å²) in [5, 5.41) is 11.1. The molecule has 2 aliphatic carbocycles. The molecule has 0 N–H and O–H groups in total. The predicted molar refractivity (Wildman–Crippen MR) is 114 cm³/mol. The van der Waals surface area contributed by atoms with E-state index >= 15 is 0 Å². The number of carbonyl (C=O) groups is 2. The fourth-order valence-corrected chi connectivity index (χ4v) is 5.32. The number of hydrogen-bond acceptors (Lipinski definition) is 5. The van der Waals surface area contributed by atoms with Crippen LogP contribution in [0.25, 0.3) is 5.57 Å². The van der Waals surface area contributed by atoms with Crippen molar-refractivity contribution < 1.29 is 19.2 Å². The van der Waals surface area contributed by atoms with Gasteiger partial charge in [0.25, 0.3) is 5.69 Å². The van der Waals surface area contributed by atoms with Crippen LogP contribution in [0.5, 0.6) is 5.75 Å². The van der Waals surface area contributed by atoms with Gasteiger partial charge in [-0.05, 0) is 24.1 Å². The summed E-state index contributed by atoms with van der Waals surface area (Å²) in [5.41, 5.74) is 3.42. The van der Waals surface area contributed by atoms with Gasteiger partial charge in [0.1, 0.15) is 5.75 Å². The van der Waals surface area contributed by atoms with Crippen molar-refractivity contribution in [3.8, 4) is 5.75 Å². The minimum atomic E-state index is -0.539. The van der Waals surface area contributed by atoms with Gasteiger partial charge >= 0.3 is 0 Å². The molecular formula is C24H20N2O5. The van der Waals surface area contributed by atoms with E-state index in [9.17, 15) is 19.7 Å². The molecule has 0 radical (unpaired) electrons. The van der Waals surface area contributed by atoms with Gasteiger partial charge in [-0.3, -0.25) is 19.7 Å². The van der Waals surface area contributed by atoms with Crippen molar-refractivity contribution in [1.29, 1.82) is 0 Å². The summed E-state index contributed by atoms with van der Waals surface area (Å²) in [4.78, 5) is 38.6. The third kappa shape index (κ3) is 2.66. The Labute approximate surface area is 178 Å². The smallest absolute Gasteiger partial charge is 0.273 e. The molecule has 1 saturated heterocycles. The normalized spacial score (nSPS) is 25.9. The second-order valence-corrected chi connectivity index (χ2v) is 8.06. The fourth-order valence-electron chi connectivity index (χ4n) is 5.32. The summed E-state index contributed by atoms with van der Waals surface area (Å²) in [7, 11) is 1.36. The third-order valence-electron chi connectivity index (χ3n) is 6.67. The van der Waals surface area contributed by atoms with E-state index in [1.807, 2.05) is 49.4 Å². The number of benzene rings is 2. The molecule has 0 aromatic heterocycles. The lowest BCUT2D eigenvalue weighted by molar-refractivity contribution is -0.384. The largest absolute Gasteiger partial charge is 0.494 e. The zero-order valence-corrected chi connectivity index (χ0v) is 17.0. The van der Waals surface area contributed by atoms with Gasteiger partial charge in [-0.25, -0.2) is 4.90 Å². The molecule has 3 aliphatic rings. The number of non-ortho nitro benzene ring substituents is 1. The molecule has 2 amide bonds. The number of carbonyl (C=O) groups excluding carboxylic acids is 2. The van der Waals surface area contributed by atoms with E-state index in [0.29, 0.717) is 0 Å². The Morgan fingerprint density at radius 3 is 2.16 bits per heavy atom. The Morgan fingerprint density at radius 1 is 1.00 bits per heavy atom. The molecule has 0 spiro atoms. The maximum atomic E-state index is 13.4. The highest BCUT2D eigenvalue weighted by molar-refractivity contribution is 6.24. The van der Waals surface area contributed by atoms with E-state index in [1.165, 1.54) is 25.3 Å². The highest BCUT2D eigenvalue weighted by Gasteiger charge is 2.62. The van der Waals surface area contributed by atoms with E-state index in [2.05, 4.69) is 0 Å². The molecule has 0 unspecified atom stereocenters. The second kappa shape index (κ2) is 6.91. The zero-order chi connectivity index (χ0) is 21.9. The van der Waals surface area contributed by atoms with Crippen LogP contribution in [0, 0.1) is 33.8 Å². The monoisotopic (exact) mass is 416 g/mol. The lowest BCUT2D eigenvalue weighted by Crippen LogP contribution is -2.33. The predicted octanol–water partition coefficient (Wildman–Crippen LogP) is 4.00. The van der Waals surface area contributed by atoms with Gasteiger partial charge in [-0.1, -0.05) is 48.1 Å². The Balaban J connectivity index is 1.54. The summed E-state index contributed by atoms with van der Waals surface area (Å²) in [5.74, 6) is -1.60. The average Bonchev–Trinajstić information content (AvgIpc) is 3.43. The molecule has 2 bridgehead atoms. The number of ether oxygens (including phenoxy) is 1. The summed E-state index contributed by atoms with van der Waals surface area (Å²) in [6.07, 6.45) is 4.07. The molecule has 2 aromatic carbocycles. The molecule has 5 rings (SSSR count). The van der Waals surface area contributed by atoms with Crippen LogP contribution in [0.15, 0.2) is 66.3 Å². The Kier molecular flexibility index (Phi) is 4.28. The van der Waals surface area contributed by atoms with Crippen LogP contribution in [-0.4, -0.2) is 23.8 Å². The van der Waals surface area contributed by atoms with E-state index in [-0.39, 0.29) is 40.8 Å². The number of hydrogen-bond donors (Lipinski definition) is 0. The Bertz CT molecular complexity index is 1150. The first kappa shape index (κ1) is 19.2. The highest BCUT2D eigenvalue weighted by Crippen LogP contribution is 2.58. The van der Waals surface area contributed by atoms with Crippen LogP contribution >= 0.6 is 0 Å². The number of nitrogens with zero attached hydrogens (tertiary/aromatic N) is 2. The van der Waals surface area contributed by atoms with Crippen molar-refractivity contribution >= 4 is 28.8 Å². The van der Waals surface area contributed by atoms with Crippen LogP contribution in [0.1, 0.15) is 12.5 Å². The number of rotatable bonds is 4. The number of methoxy groups -OCH3 is 1. The highest BCUT2D eigenvalue weighted by atomic mass is 16.6. The lowest BCUT2D eigenvalue weighted by atomic mass is 9.85. The van der Waals surface area contributed by atoms with Crippen LogP contribution in [-0.2, 0) is 9.59 Å². The summed E-state index contributed by atoms with van der Waals surface area (Å²) in [6, 6.07) is 13.9. The minimum Gasteiger partial charge on any atom is -0.494 e. The number of amides is 2. The second-order valence-electron chi connectivity index (χ2n) is 8.06. The van der Waals surface area contributed by atoms with Crippen molar-refractivity contribution in [2.24, 2.45) is 23.7 Å². The van der Waals surface area contributed by atoms with Gasteiger partial charge < -0.3 is 4.74 Å². The van der Waals surface area contributed by atoms with Gasteiger partial charge in [0.2, 0.25) is 11.8 Å². The first-order valence-electron chi connectivity index (χ1n) is 10.1. The number of allylic oxidation sites excluding steroid dienone is 4. The molecule has 7 heteroatoms. The zero-order valence-electron chi connectivity index (χ0n) is 17.0. The number of nitro groups is 1. The summed E-state index contributed by atoms with van der Waals surface area (Å²) < 4.78 is 5.28. The molecule has 156 valence electrons. The number of nitro benzene ring substituents is 1. The number of fused-ring (bicyclic) bond motifs is 5. The molecule has 1 saturated carbocycles. The first-order valence-corrected chi connectivity index (χ1v) is 10.1. The van der Waals surface area contributed by atoms with E-state index < -0.39 is 16.8 Å². The van der Waals surface area contributed by atoms with Crippen LogP contribution < -0.4 is 9.64 Å². The van der Waals surface area contributed by atoms with Crippen LogP contribution in [0.4, 0.5) is 11.4 Å². The van der Waals surface area contributed by atoms with Crippen molar-refractivity contribution in [3.05, 3.63) is 81.9 Å². The van der Waals surface area contributed by atoms with Crippen molar-refractivity contribution in [1.82, 2.24) is 0 Å². The van der Waals surface area contributed by atoms with Crippen LogP contribution in [0.2, 0.25) is 0 Å². The molecule has 2 fully saturated rings. The fraction of sp³-hybridized carbons (Fsp3) is 0.250. The Hall–Kier alpha value is -3.74. The van der Waals surface area contributed by atoms with Gasteiger partial charge in [-0.2, -0.15) is 0 Å². The standard InChI is InChI=1S/C24H20N2O5/c1-13(14-6-4-3-5-7-14)20-16-9-10-17(20)22-21(16)23(27)25(24(22)28)18-11-8-15(26(29)30)12-19(18)31-2/h3-12,16-17,21-22H,1-2H3/t16-,17-,21+,22+/m0/s1. The summed E-state index contributed by atoms with van der Waals surface area (Å²) >= 11 is 0. The molecule has 2 aromatic rings. The SMILES string of the molecule is COc1cc([N+](=O)[O-])ccc1N1C(=O)[C@H]2[C@H](C1=O)[C@H]1C=C[C@H]2C1=C(C)c1ccccc1. The van der Waals surface area contributed by atoms with Crippen molar-refractivity contribution in [2.45, 2.75) is 6.92 Å². The molecule has 7 nitrogen and oxygen atoms in total. The molecule has 1 heterocycles. The van der Waals surface area contributed by atoms with E-state index in [1.54, 1.807) is 0 Å². The maximum absolute atomic E-state index is 13.4. The quantitative estimate of drug-likeness (QED) is 0.325. The number of anilines is 1. The Morgan fingerprint density at radius 2 is 1.61 bits per heavy atom. The molecule has 4 atom stereocenters. The molecular weight excluding hydrogens is 396 g/mol. The number of imide groups is 1. The van der Waals surface area contributed by atoms with Crippen molar-refractivity contribution in [3.63, 3.8) is 0 Å². The third-order valence-corrected chi connectivity index (χ3v) is 6.67. The van der Waals surface area contributed by atoms with Gasteiger partial charge in [0.15, 0.2) is 0 Å². The van der Waals surface area contributed by atoms with E-state index in [4.69, 9.17) is 4.74 Å². The van der Waals surface area contributed by atoms with Crippen LogP contribution in [0.3, 0.4) is 0 Å². The summed E-state index contributed by atoms with van der Waals surface area (Å²) in [6.45, 7) is 2.05. The average molecular weight is 416 g/mol. The maximum Gasteiger partial charge on any atom is 0.273 e.